The SMILES string of the molecule is C=CC1CCC2c3cc(F)cc(F)c3CCC2C1c1cc(F)c(OC(F)(F)F)c(F)c1. The molecule has 2 aromatic rings. The molecule has 166 valence electrons. The van der Waals surface area contributed by atoms with Gasteiger partial charge in [0, 0.05) is 6.07 Å². The normalized spacial score (nSPS) is 25.5. The topological polar surface area (TPSA) is 9.23 Å². The van der Waals surface area contributed by atoms with Crippen molar-refractivity contribution < 1.29 is 35.5 Å². The molecule has 0 radical (unpaired) electrons. The van der Waals surface area contributed by atoms with Gasteiger partial charge in [-0.2, -0.15) is 0 Å². The molecule has 2 aliphatic rings. The standard InChI is InChI=1S/C23H19F7O/c1-2-11-3-4-14-16(6-5-15-17(14)9-13(24)10-18(15)25)21(11)12-7-19(26)22(20(27)8-12)31-23(28,29)30/h2,7-11,14,16,21H,1,3-6H2. The van der Waals surface area contributed by atoms with Crippen molar-refractivity contribution in [2.24, 2.45) is 11.8 Å². The van der Waals surface area contributed by atoms with Gasteiger partial charge in [0.15, 0.2) is 11.6 Å². The Balaban J connectivity index is 1.76. The Morgan fingerprint density at radius 1 is 0.903 bits per heavy atom. The number of benzene rings is 2. The molecule has 2 aromatic carbocycles. The molecule has 0 spiro atoms. The summed E-state index contributed by atoms with van der Waals surface area (Å²) in [7, 11) is 0. The van der Waals surface area contributed by atoms with E-state index in [1.165, 1.54) is 6.07 Å². The quantitative estimate of drug-likeness (QED) is 0.360. The van der Waals surface area contributed by atoms with Gasteiger partial charge in [-0.15, -0.1) is 19.8 Å². The van der Waals surface area contributed by atoms with Gasteiger partial charge in [0.2, 0.25) is 5.75 Å². The van der Waals surface area contributed by atoms with Gasteiger partial charge in [-0.25, -0.2) is 17.6 Å². The number of ether oxygens (including phenoxy) is 1. The molecule has 0 aromatic heterocycles. The average Bonchev–Trinajstić information content (AvgIpc) is 2.68. The lowest BCUT2D eigenvalue weighted by Gasteiger charge is -2.46. The average molecular weight is 444 g/mol. The molecule has 4 rings (SSSR count). The molecule has 0 bridgehead atoms. The summed E-state index contributed by atoms with van der Waals surface area (Å²) in [6.45, 7) is 3.80. The third-order valence-electron chi connectivity index (χ3n) is 6.50. The predicted octanol–water partition coefficient (Wildman–Crippen LogP) is 7.17. The van der Waals surface area contributed by atoms with Gasteiger partial charge in [-0.05, 0) is 84.2 Å². The Kier molecular flexibility index (Phi) is 5.52. The van der Waals surface area contributed by atoms with Gasteiger partial charge in [0.05, 0.1) is 0 Å². The van der Waals surface area contributed by atoms with E-state index in [4.69, 9.17) is 0 Å². The van der Waals surface area contributed by atoms with Crippen LogP contribution in [0.1, 0.15) is 47.8 Å². The van der Waals surface area contributed by atoms with E-state index < -0.39 is 41.3 Å². The molecular formula is C23H19F7O. The van der Waals surface area contributed by atoms with E-state index in [1.807, 2.05) is 0 Å². The molecule has 0 aliphatic heterocycles. The van der Waals surface area contributed by atoms with Crippen LogP contribution in [-0.2, 0) is 6.42 Å². The number of fused-ring (bicyclic) bond motifs is 3. The van der Waals surface area contributed by atoms with Gasteiger partial charge < -0.3 is 4.74 Å². The molecule has 0 N–H and O–H groups in total. The summed E-state index contributed by atoms with van der Waals surface area (Å²) in [5, 5.41) is 0. The molecule has 1 nitrogen and oxygen atoms in total. The van der Waals surface area contributed by atoms with Crippen LogP contribution in [0.4, 0.5) is 30.7 Å². The van der Waals surface area contributed by atoms with Crippen molar-refractivity contribution in [3.63, 3.8) is 0 Å². The lowest BCUT2D eigenvalue weighted by atomic mass is 9.58. The fraction of sp³-hybridized carbons (Fsp3) is 0.391. The van der Waals surface area contributed by atoms with Gasteiger partial charge in [0.1, 0.15) is 11.6 Å². The highest BCUT2D eigenvalue weighted by atomic mass is 19.4. The van der Waals surface area contributed by atoms with Crippen LogP contribution >= 0.6 is 0 Å². The van der Waals surface area contributed by atoms with Crippen LogP contribution in [0, 0.1) is 35.1 Å². The van der Waals surface area contributed by atoms with Gasteiger partial charge in [0.25, 0.3) is 0 Å². The van der Waals surface area contributed by atoms with Crippen molar-refractivity contribution in [2.45, 2.75) is 43.9 Å². The van der Waals surface area contributed by atoms with Crippen molar-refractivity contribution >= 4 is 0 Å². The number of hydrogen-bond acceptors (Lipinski definition) is 1. The fourth-order valence-electron chi connectivity index (χ4n) is 5.37. The molecular weight excluding hydrogens is 425 g/mol. The summed E-state index contributed by atoms with van der Waals surface area (Å²) >= 11 is 0. The first-order valence-corrected chi connectivity index (χ1v) is 9.94. The largest absolute Gasteiger partial charge is 0.573 e. The van der Waals surface area contributed by atoms with Crippen LogP contribution in [0.3, 0.4) is 0 Å². The van der Waals surface area contributed by atoms with E-state index in [0.29, 0.717) is 36.8 Å². The Bertz CT molecular complexity index is 991. The minimum Gasteiger partial charge on any atom is -0.399 e. The first kappa shape index (κ1) is 21.7. The third kappa shape index (κ3) is 4.04. The lowest BCUT2D eigenvalue weighted by molar-refractivity contribution is -0.276. The maximum atomic E-state index is 14.4. The number of hydrogen-bond donors (Lipinski definition) is 0. The number of alkyl halides is 3. The third-order valence-corrected chi connectivity index (χ3v) is 6.50. The maximum absolute atomic E-state index is 14.4. The van der Waals surface area contributed by atoms with Gasteiger partial charge in [-0.1, -0.05) is 6.08 Å². The summed E-state index contributed by atoms with van der Waals surface area (Å²) in [6, 6.07) is 3.86. The van der Waals surface area contributed by atoms with Crippen LogP contribution in [0.2, 0.25) is 0 Å². The van der Waals surface area contributed by atoms with E-state index in [0.717, 1.165) is 18.2 Å². The highest BCUT2D eigenvalue weighted by Crippen LogP contribution is 2.54. The van der Waals surface area contributed by atoms with E-state index in [1.54, 1.807) is 6.08 Å². The monoisotopic (exact) mass is 444 g/mol. The zero-order chi connectivity index (χ0) is 22.5. The first-order valence-electron chi connectivity index (χ1n) is 9.94. The molecule has 2 aliphatic carbocycles. The molecule has 4 atom stereocenters. The van der Waals surface area contributed by atoms with Crippen LogP contribution in [0.25, 0.3) is 0 Å². The Labute approximate surface area is 174 Å². The zero-order valence-electron chi connectivity index (χ0n) is 16.3. The van der Waals surface area contributed by atoms with E-state index in [2.05, 4.69) is 11.3 Å². The number of halogens is 7. The van der Waals surface area contributed by atoms with Crippen LogP contribution in [-0.4, -0.2) is 6.36 Å². The minimum absolute atomic E-state index is 0.185. The van der Waals surface area contributed by atoms with Crippen molar-refractivity contribution in [1.29, 1.82) is 0 Å². The molecule has 1 fully saturated rings. The zero-order valence-corrected chi connectivity index (χ0v) is 16.3. The van der Waals surface area contributed by atoms with E-state index in [-0.39, 0.29) is 23.3 Å². The van der Waals surface area contributed by atoms with Crippen LogP contribution in [0.15, 0.2) is 36.9 Å². The second-order valence-electron chi connectivity index (χ2n) is 8.13. The van der Waals surface area contributed by atoms with E-state index in [9.17, 15) is 30.7 Å². The highest BCUT2D eigenvalue weighted by Gasteiger charge is 2.43. The highest BCUT2D eigenvalue weighted by molar-refractivity contribution is 5.40. The Hall–Kier alpha value is -2.51. The molecule has 0 heterocycles. The minimum atomic E-state index is -5.23. The van der Waals surface area contributed by atoms with Crippen molar-refractivity contribution in [1.82, 2.24) is 0 Å². The second kappa shape index (κ2) is 7.88. The summed E-state index contributed by atoms with van der Waals surface area (Å²) in [5.74, 6) is -6.78. The molecule has 1 saturated carbocycles. The fourth-order valence-corrected chi connectivity index (χ4v) is 5.37. The summed E-state index contributed by atoms with van der Waals surface area (Å²) < 4.78 is 97.9. The predicted molar refractivity (Wildman–Crippen MR) is 99.6 cm³/mol. The van der Waals surface area contributed by atoms with Gasteiger partial charge >= 0.3 is 6.36 Å². The van der Waals surface area contributed by atoms with Crippen LogP contribution in [0.5, 0.6) is 5.75 Å². The maximum Gasteiger partial charge on any atom is 0.573 e. The molecule has 0 saturated heterocycles. The first-order chi connectivity index (χ1) is 14.6. The van der Waals surface area contributed by atoms with Crippen molar-refractivity contribution in [2.75, 3.05) is 0 Å². The number of allylic oxidation sites excluding steroid dienone is 1. The second-order valence-corrected chi connectivity index (χ2v) is 8.13. The lowest BCUT2D eigenvalue weighted by Crippen LogP contribution is -2.35. The molecule has 4 unspecified atom stereocenters. The Morgan fingerprint density at radius 2 is 1.58 bits per heavy atom. The Morgan fingerprint density at radius 3 is 2.19 bits per heavy atom. The number of rotatable bonds is 3. The van der Waals surface area contributed by atoms with Crippen molar-refractivity contribution in [3.8, 4) is 5.75 Å². The summed E-state index contributed by atoms with van der Waals surface area (Å²) in [4.78, 5) is 0. The molecule has 0 amide bonds. The smallest absolute Gasteiger partial charge is 0.399 e. The summed E-state index contributed by atoms with van der Waals surface area (Å²) in [6.07, 6.45) is -1.55. The van der Waals surface area contributed by atoms with Crippen LogP contribution < -0.4 is 4.74 Å². The summed E-state index contributed by atoms with van der Waals surface area (Å²) in [5.41, 5.74) is 1.19. The van der Waals surface area contributed by atoms with Gasteiger partial charge in [-0.3, -0.25) is 0 Å². The van der Waals surface area contributed by atoms with E-state index >= 15 is 0 Å². The molecule has 31 heavy (non-hydrogen) atoms. The van der Waals surface area contributed by atoms with Crippen molar-refractivity contribution in [3.05, 3.63) is 76.9 Å². The molecule has 8 heteroatoms.